The number of methoxy groups -OCH3 is 1. The van der Waals surface area contributed by atoms with Crippen LogP contribution < -0.4 is 0 Å². The molecule has 2 atom stereocenters. The van der Waals surface area contributed by atoms with E-state index in [4.69, 9.17) is 4.74 Å². The molecule has 0 aliphatic carbocycles. The van der Waals surface area contributed by atoms with Gasteiger partial charge in [0.15, 0.2) is 0 Å². The number of hydrogen-bond donors (Lipinski definition) is 0. The van der Waals surface area contributed by atoms with Gasteiger partial charge >= 0.3 is 5.97 Å². The quantitative estimate of drug-likeness (QED) is 0.780. The average Bonchev–Trinajstić information content (AvgIpc) is 3.16. The molecule has 116 valence electrons. The lowest BCUT2D eigenvalue weighted by molar-refractivity contribution is -0.146. The van der Waals surface area contributed by atoms with E-state index in [2.05, 4.69) is 0 Å². The summed E-state index contributed by atoms with van der Waals surface area (Å²) >= 11 is 1.65. The van der Waals surface area contributed by atoms with Gasteiger partial charge in [-0.25, -0.2) is 0 Å². The van der Waals surface area contributed by atoms with Crippen LogP contribution in [0.1, 0.15) is 30.7 Å². The van der Waals surface area contributed by atoms with Crippen LogP contribution in [-0.2, 0) is 14.3 Å². The molecule has 5 nitrogen and oxygen atoms in total. The number of likely N-dealkylation sites (tertiary alicyclic amines) is 1. The van der Waals surface area contributed by atoms with Gasteiger partial charge in [0.2, 0.25) is 5.91 Å². The van der Waals surface area contributed by atoms with Gasteiger partial charge in [0.25, 0.3) is 0 Å². The van der Waals surface area contributed by atoms with Crippen molar-refractivity contribution >= 4 is 23.2 Å². The van der Waals surface area contributed by atoms with Crippen molar-refractivity contribution in [3.63, 3.8) is 0 Å². The molecule has 1 aromatic heterocycles. The Morgan fingerprint density at radius 1 is 1.57 bits per heavy atom. The van der Waals surface area contributed by atoms with Gasteiger partial charge in [-0.15, -0.1) is 11.3 Å². The number of ether oxygens (including phenoxy) is 1. The van der Waals surface area contributed by atoms with Gasteiger partial charge in [-0.3, -0.25) is 14.5 Å². The van der Waals surface area contributed by atoms with Crippen LogP contribution in [-0.4, -0.2) is 55.0 Å². The molecule has 0 unspecified atom stereocenters. The highest BCUT2D eigenvalue weighted by Gasteiger charge is 2.33. The van der Waals surface area contributed by atoms with Crippen LogP contribution >= 0.6 is 11.3 Å². The smallest absolute Gasteiger partial charge is 0.323 e. The monoisotopic (exact) mass is 310 g/mol. The molecule has 0 aromatic carbocycles. The van der Waals surface area contributed by atoms with Gasteiger partial charge < -0.3 is 9.64 Å². The van der Waals surface area contributed by atoms with Crippen LogP contribution in [0.25, 0.3) is 0 Å². The SMILES string of the molecule is COC(=O)[C@@H]1CCCN1CC(=O)N(C)[C@@H](C)c1cccs1. The fourth-order valence-electron chi connectivity index (χ4n) is 2.64. The normalized spacial score (nSPS) is 20.2. The second kappa shape index (κ2) is 7.04. The number of likely N-dealkylation sites (N-methyl/N-ethyl adjacent to an activating group) is 1. The molecule has 0 spiro atoms. The number of thiophene rings is 1. The number of rotatable bonds is 5. The summed E-state index contributed by atoms with van der Waals surface area (Å²) in [5.74, 6) is -0.207. The molecule has 1 saturated heterocycles. The number of hydrogen-bond acceptors (Lipinski definition) is 5. The summed E-state index contributed by atoms with van der Waals surface area (Å²) in [4.78, 5) is 29.0. The molecule has 0 radical (unpaired) electrons. The number of esters is 1. The first-order valence-electron chi connectivity index (χ1n) is 7.15. The minimum Gasteiger partial charge on any atom is -0.468 e. The fraction of sp³-hybridized carbons (Fsp3) is 0.600. The predicted octanol–water partition coefficient (Wildman–Crippen LogP) is 1.90. The van der Waals surface area contributed by atoms with E-state index in [1.54, 1.807) is 16.2 Å². The van der Waals surface area contributed by atoms with E-state index in [1.165, 1.54) is 7.11 Å². The topological polar surface area (TPSA) is 49.9 Å². The van der Waals surface area contributed by atoms with Gasteiger partial charge in [-0.1, -0.05) is 6.07 Å². The standard InChI is InChI=1S/C15H22N2O3S/c1-11(13-7-5-9-21-13)16(2)14(18)10-17-8-4-6-12(17)15(19)20-3/h5,7,9,11-12H,4,6,8,10H2,1-3H3/t11-,12-/m0/s1. The lowest BCUT2D eigenvalue weighted by Gasteiger charge is -2.28. The predicted molar refractivity (Wildman–Crippen MR) is 82.1 cm³/mol. The number of nitrogens with zero attached hydrogens (tertiary/aromatic N) is 2. The van der Waals surface area contributed by atoms with Crippen molar-refractivity contribution in [3.05, 3.63) is 22.4 Å². The maximum atomic E-state index is 12.4. The van der Waals surface area contributed by atoms with Gasteiger partial charge in [0.1, 0.15) is 6.04 Å². The zero-order valence-electron chi connectivity index (χ0n) is 12.7. The van der Waals surface area contributed by atoms with E-state index >= 15 is 0 Å². The molecule has 2 heterocycles. The van der Waals surface area contributed by atoms with Crippen LogP contribution in [0.3, 0.4) is 0 Å². The van der Waals surface area contributed by atoms with Gasteiger partial charge in [0, 0.05) is 11.9 Å². The molecule has 1 fully saturated rings. The molecule has 0 saturated carbocycles. The number of amides is 1. The first kappa shape index (κ1) is 16.0. The molecule has 0 bridgehead atoms. The van der Waals surface area contributed by atoms with Crippen molar-refractivity contribution in [2.45, 2.75) is 31.8 Å². The van der Waals surface area contributed by atoms with Gasteiger partial charge in [0.05, 0.1) is 19.7 Å². The van der Waals surface area contributed by atoms with E-state index in [-0.39, 0.29) is 30.5 Å². The Balaban J connectivity index is 1.95. The van der Waals surface area contributed by atoms with Crippen LogP contribution in [0.5, 0.6) is 0 Å². The highest BCUT2D eigenvalue weighted by molar-refractivity contribution is 7.10. The largest absolute Gasteiger partial charge is 0.468 e. The molecular formula is C15H22N2O3S. The minimum absolute atomic E-state index is 0.0340. The van der Waals surface area contributed by atoms with Crippen LogP contribution in [0.15, 0.2) is 17.5 Å². The summed E-state index contributed by atoms with van der Waals surface area (Å²) in [5, 5.41) is 2.01. The lowest BCUT2D eigenvalue weighted by Crippen LogP contribution is -2.44. The maximum Gasteiger partial charge on any atom is 0.323 e. The van der Waals surface area contributed by atoms with Crippen molar-refractivity contribution in [2.24, 2.45) is 0 Å². The summed E-state index contributed by atoms with van der Waals surface area (Å²) in [6.45, 7) is 3.06. The van der Waals surface area contributed by atoms with Crippen LogP contribution in [0.2, 0.25) is 0 Å². The van der Waals surface area contributed by atoms with Crippen LogP contribution in [0, 0.1) is 0 Å². The van der Waals surface area contributed by atoms with Crippen LogP contribution in [0.4, 0.5) is 0 Å². The minimum atomic E-state index is -0.274. The van der Waals surface area contributed by atoms with Gasteiger partial charge in [-0.2, -0.15) is 0 Å². The van der Waals surface area contributed by atoms with E-state index in [0.29, 0.717) is 0 Å². The summed E-state index contributed by atoms with van der Waals surface area (Å²) in [6, 6.07) is 3.80. The first-order valence-corrected chi connectivity index (χ1v) is 8.03. The number of carbonyl (C=O) groups excluding carboxylic acids is 2. The molecule has 1 aliphatic heterocycles. The van der Waals surface area contributed by atoms with Gasteiger partial charge in [-0.05, 0) is 37.8 Å². The fourth-order valence-corrected chi connectivity index (χ4v) is 3.47. The molecule has 6 heteroatoms. The van der Waals surface area contributed by atoms with Crippen molar-refractivity contribution in [1.82, 2.24) is 9.80 Å². The third kappa shape index (κ3) is 3.63. The third-order valence-electron chi connectivity index (χ3n) is 4.10. The van der Waals surface area contributed by atoms with Crippen molar-refractivity contribution in [1.29, 1.82) is 0 Å². The summed E-state index contributed by atoms with van der Waals surface area (Å²) < 4.78 is 4.81. The molecule has 1 amide bonds. The maximum absolute atomic E-state index is 12.4. The molecule has 0 N–H and O–H groups in total. The van der Waals surface area contributed by atoms with E-state index in [9.17, 15) is 9.59 Å². The van der Waals surface area contributed by atoms with Crippen molar-refractivity contribution in [3.8, 4) is 0 Å². The highest BCUT2D eigenvalue weighted by atomic mass is 32.1. The highest BCUT2D eigenvalue weighted by Crippen LogP contribution is 2.24. The van der Waals surface area contributed by atoms with Crippen molar-refractivity contribution in [2.75, 3.05) is 27.2 Å². The first-order chi connectivity index (χ1) is 10.0. The Labute approximate surface area is 129 Å². The molecular weight excluding hydrogens is 288 g/mol. The lowest BCUT2D eigenvalue weighted by atomic mass is 10.2. The second-order valence-corrected chi connectivity index (χ2v) is 6.33. The zero-order chi connectivity index (χ0) is 15.4. The second-order valence-electron chi connectivity index (χ2n) is 5.35. The molecule has 1 aliphatic rings. The molecule has 21 heavy (non-hydrogen) atoms. The van der Waals surface area contributed by atoms with E-state index in [1.807, 2.05) is 36.4 Å². The summed E-state index contributed by atoms with van der Waals surface area (Å²) in [6.07, 6.45) is 1.70. The van der Waals surface area contributed by atoms with Crippen molar-refractivity contribution < 1.29 is 14.3 Å². The van der Waals surface area contributed by atoms with E-state index in [0.717, 1.165) is 24.3 Å². The molecule has 1 aromatic rings. The Bertz CT molecular complexity index is 489. The molecule has 2 rings (SSSR count). The zero-order valence-corrected chi connectivity index (χ0v) is 13.6. The Hall–Kier alpha value is -1.40. The summed E-state index contributed by atoms with van der Waals surface area (Å²) in [5.41, 5.74) is 0. The third-order valence-corrected chi connectivity index (χ3v) is 5.15. The Morgan fingerprint density at radius 3 is 2.95 bits per heavy atom. The summed E-state index contributed by atoms with van der Waals surface area (Å²) in [7, 11) is 3.21. The van der Waals surface area contributed by atoms with E-state index < -0.39 is 0 Å². The Morgan fingerprint density at radius 2 is 2.33 bits per heavy atom. The average molecular weight is 310 g/mol. The number of carbonyl (C=O) groups is 2. The Kier molecular flexibility index (Phi) is 5.36.